The molecule has 0 aliphatic carbocycles. The van der Waals surface area contributed by atoms with Gasteiger partial charge in [0, 0.05) is 30.4 Å². The zero-order valence-corrected chi connectivity index (χ0v) is 13.5. The maximum absolute atomic E-state index is 13.1. The van der Waals surface area contributed by atoms with E-state index in [4.69, 9.17) is 5.11 Å². The van der Waals surface area contributed by atoms with Crippen LogP contribution in [0.15, 0.2) is 24.3 Å². The van der Waals surface area contributed by atoms with Crippen LogP contribution < -0.4 is 5.32 Å². The zero-order valence-electron chi connectivity index (χ0n) is 13.5. The summed E-state index contributed by atoms with van der Waals surface area (Å²) in [6.45, 7) is 3.19. The van der Waals surface area contributed by atoms with Crippen molar-refractivity contribution in [2.75, 3.05) is 6.54 Å². The number of alkyl halides is 3. The van der Waals surface area contributed by atoms with Gasteiger partial charge in [-0.15, -0.1) is 0 Å². The van der Waals surface area contributed by atoms with Crippen molar-refractivity contribution in [1.82, 2.24) is 15.1 Å². The van der Waals surface area contributed by atoms with Crippen LogP contribution in [-0.2, 0) is 13.2 Å². The highest BCUT2D eigenvalue weighted by molar-refractivity contribution is 5.94. The highest BCUT2D eigenvalue weighted by atomic mass is 19.4. The highest BCUT2D eigenvalue weighted by Gasteiger charge is 2.38. The number of hydrogen-bond donors (Lipinski definition) is 2. The summed E-state index contributed by atoms with van der Waals surface area (Å²) < 4.78 is 40.6. The van der Waals surface area contributed by atoms with E-state index in [1.165, 1.54) is 42.9 Å². The Morgan fingerprint density at radius 1 is 1.33 bits per heavy atom. The van der Waals surface area contributed by atoms with Crippen LogP contribution in [0.3, 0.4) is 0 Å². The minimum atomic E-state index is -4.56. The van der Waals surface area contributed by atoms with Gasteiger partial charge in [-0.05, 0) is 31.5 Å². The predicted octanol–water partition coefficient (Wildman–Crippen LogP) is 2.52. The van der Waals surface area contributed by atoms with Gasteiger partial charge in [-0.1, -0.05) is 12.1 Å². The Morgan fingerprint density at radius 2 is 1.92 bits per heavy atom. The summed E-state index contributed by atoms with van der Waals surface area (Å²) in [5.41, 5.74) is 0.0675. The van der Waals surface area contributed by atoms with Crippen molar-refractivity contribution in [1.29, 1.82) is 0 Å². The maximum atomic E-state index is 13.1. The Labute approximate surface area is 137 Å². The van der Waals surface area contributed by atoms with Crippen molar-refractivity contribution in [3.63, 3.8) is 0 Å². The third-order valence-corrected chi connectivity index (χ3v) is 3.60. The lowest BCUT2D eigenvalue weighted by Crippen LogP contribution is -2.30. The van der Waals surface area contributed by atoms with E-state index in [0.717, 1.165) is 0 Å². The quantitative estimate of drug-likeness (QED) is 0.898. The molecule has 1 unspecified atom stereocenters. The lowest BCUT2D eigenvalue weighted by molar-refractivity contribution is -0.140. The van der Waals surface area contributed by atoms with E-state index in [1.807, 2.05) is 0 Å². The molecule has 1 heterocycles. The number of carbonyl (C=O) groups is 1. The highest BCUT2D eigenvalue weighted by Crippen LogP contribution is 2.38. The minimum absolute atomic E-state index is 0.000869. The largest absolute Gasteiger partial charge is 0.435 e. The summed E-state index contributed by atoms with van der Waals surface area (Å²) in [5, 5.41) is 15.2. The van der Waals surface area contributed by atoms with Gasteiger partial charge in [0.2, 0.25) is 0 Å². The molecule has 5 nitrogen and oxygen atoms in total. The van der Waals surface area contributed by atoms with Crippen molar-refractivity contribution in [3.8, 4) is 11.1 Å². The first-order chi connectivity index (χ1) is 11.1. The topological polar surface area (TPSA) is 67.2 Å². The molecule has 2 N–H and O–H groups in total. The molecule has 0 fully saturated rings. The van der Waals surface area contributed by atoms with Crippen LogP contribution in [0.1, 0.15) is 28.7 Å². The molecule has 130 valence electrons. The molecule has 0 radical (unpaired) electrons. The number of nitrogens with one attached hydrogen (secondary N) is 1. The number of aromatic nitrogens is 2. The third-order valence-electron chi connectivity index (χ3n) is 3.60. The minimum Gasteiger partial charge on any atom is -0.392 e. The molecule has 1 aromatic carbocycles. The molecule has 0 saturated heterocycles. The Balaban J connectivity index is 2.34. The van der Waals surface area contributed by atoms with E-state index in [1.54, 1.807) is 6.92 Å². The summed E-state index contributed by atoms with van der Waals surface area (Å²) in [7, 11) is 1.45. The Kier molecular flexibility index (Phi) is 4.98. The van der Waals surface area contributed by atoms with Crippen molar-refractivity contribution >= 4 is 5.91 Å². The Hall–Kier alpha value is -2.35. The second-order valence-corrected chi connectivity index (χ2v) is 5.57. The number of benzene rings is 1. The number of aliphatic hydroxyl groups excluding tert-OH is 1. The summed E-state index contributed by atoms with van der Waals surface area (Å²) in [6, 6.07) is 5.80. The van der Waals surface area contributed by atoms with E-state index < -0.39 is 23.9 Å². The normalized spacial score (nSPS) is 13.0. The van der Waals surface area contributed by atoms with Crippen LogP contribution in [0.25, 0.3) is 11.1 Å². The van der Waals surface area contributed by atoms with Gasteiger partial charge in [0.1, 0.15) is 0 Å². The summed E-state index contributed by atoms with van der Waals surface area (Å²) in [5.74, 6) is -0.401. The fourth-order valence-corrected chi connectivity index (χ4v) is 2.28. The molecule has 24 heavy (non-hydrogen) atoms. The molecular weight excluding hydrogens is 323 g/mol. The zero-order chi connectivity index (χ0) is 18.1. The second kappa shape index (κ2) is 6.64. The smallest absolute Gasteiger partial charge is 0.392 e. The van der Waals surface area contributed by atoms with E-state index in [-0.39, 0.29) is 12.1 Å². The van der Waals surface area contributed by atoms with Gasteiger partial charge >= 0.3 is 6.18 Å². The average molecular weight is 341 g/mol. The second-order valence-electron chi connectivity index (χ2n) is 5.57. The maximum Gasteiger partial charge on any atom is 0.435 e. The molecule has 0 aliphatic rings. The van der Waals surface area contributed by atoms with Gasteiger partial charge in [-0.2, -0.15) is 18.3 Å². The number of hydrogen-bond acceptors (Lipinski definition) is 3. The molecule has 8 heteroatoms. The molecule has 0 spiro atoms. The standard InChI is InChI=1S/C16H18F3N3O2/c1-9(23)8-20-15(24)12-6-4-11(5-7-12)13-10(2)22(3)21-14(13)16(17,18)19/h4-7,9,23H,8H2,1-3H3,(H,20,24). The van der Waals surface area contributed by atoms with Crippen LogP contribution in [0.4, 0.5) is 13.2 Å². The molecule has 1 aromatic heterocycles. The van der Waals surface area contributed by atoms with E-state index in [2.05, 4.69) is 10.4 Å². The molecular formula is C16H18F3N3O2. The number of carbonyl (C=O) groups excluding carboxylic acids is 1. The summed E-state index contributed by atoms with van der Waals surface area (Å²) >= 11 is 0. The van der Waals surface area contributed by atoms with Crippen molar-refractivity contribution in [2.45, 2.75) is 26.1 Å². The van der Waals surface area contributed by atoms with Crippen molar-refractivity contribution in [3.05, 3.63) is 41.2 Å². The van der Waals surface area contributed by atoms with Gasteiger partial charge < -0.3 is 10.4 Å². The number of aryl methyl sites for hydroxylation is 1. The molecule has 1 amide bonds. The van der Waals surface area contributed by atoms with E-state index in [9.17, 15) is 18.0 Å². The van der Waals surface area contributed by atoms with Crippen LogP contribution in [0.5, 0.6) is 0 Å². The average Bonchev–Trinajstić information content (AvgIpc) is 2.81. The number of halogens is 3. The van der Waals surface area contributed by atoms with Gasteiger partial charge in [0.25, 0.3) is 5.91 Å². The number of nitrogens with zero attached hydrogens (tertiary/aromatic N) is 2. The fourth-order valence-electron chi connectivity index (χ4n) is 2.28. The third kappa shape index (κ3) is 3.76. The lowest BCUT2D eigenvalue weighted by atomic mass is 10.0. The monoisotopic (exact) mass is 341 g/mol. The summed E-state index contributed by atoms with van der Waals surface area (Å²) in [6.07, 6.45) is -5.24. The lowest BCUT2D eigenvalue weighted by Gasteiger charge is -2.09. The SMILES string of the molecule is Cc1c(-c2ccc(C(=O)NCC(C)O)cc2)c(C(F)(F)F)nn1C. The van der Waals surface area contributed by atoms with Crippen molar-refractivity contribution in [2.24, 2.45) is 7.05 Å². The van der Waals surface area contributed by atoms with E-state index >= 15 is 0 Å². The number of amides is 1. The van der Waals surface area contributed by atoms with E-state index in [0.29, 0.717) is 16.8 Å². The summed E-state index contributed by atoms with van der Waals surface area (Å²) in [4.78, 5) is 11.9. The molecule has 0 bridgehead atoms. The van der Waals surface area contributed by atoms with Crippen LogP contribution >= 0.6 is 0 Å². The van der Waals surface area contributed by atoms with Crippen LogP contribution in [0.2, 0.25) is 0 Å². The Bertz CT molecular complexity index is 734. The molecule has 0 aliphatic heterocycles. The van der Waals surface area contributed by atoms with Gasteiger partial charge in [0.05, 0.1) is 6.10 Å². The Morgan fingerprint density at radius 3 is 2.42 bits per heavy atom. The molecule has 0 saturated carbocycles. The fraction of sp³-hybridized carbons (Fsp3) is 0.375. The van der Waals surface area contributed by atoms with Gasteiger partial charge in [-0.3, -0.25) is 9.48 Å². The first-order valence-electron chi connectivity index (χ1n) is 7.28. The van der Waals surface area contributed by atoms with Crippen LogP contribution in [-0.4, -0.2) is 33.4 Å². The molecule has 1 atom stereocenters. The van der Waals surface area contributed by atoms with Gasteiger partial charge in [0.15, 0.2) is 5.69 Å². The number of rotatable bonds is 4. The first-order valence-corrected chi connectivity index (χ1v) is 7.28. The van der Waals surface area contributed by atoms with Crippen molar-refractivity contribution < 1.29 is 23.1 Å². The number of aliphatic hydroxyl groups is 1. The molecule has 2 rings (SSSR count). The van der Waals surface area contributed by atoms with Gasteiger partial charge in [-0.25, -0.2) is 0 Å². The molecule has 2 aromatic rings. The van der Waals surface area contributed by atoms with Crippen LogP contribution in [0, 0.1) is 6.92 Å². The first kappa shape index (κ1) is 18.0. The predicted molar refractivity (Wildman–Crippen MR) is 82.4 cm³/mol.